The van der Waals surface area contributed by atoms with Gasteiger partial charge < -0.3 is 20.1 Å². The first-order chi connectivity index (χ1) is 13.1. The number of para-hydroxylation sites is 2. The normalized spacial score (nSPS) is 11.0. The number of aliphatic imine (C=N–C) groups is 1. The molecule has 1 aromatic heterocycles. The number of rotatable bonds is 9. The summed E-state index contributed by atoms with van der Waals surface area (Å²) in [4.78, 5) is 8.62. The Morgan fingerprint density at radius 3 is 2.46 bits per heavy atom. The second-order valence-corrected chi connectivity index (χ2v) is 6.52. The van der Waals surface area contributed by atoms with Crippen molar-refractivity contribution in [1.82, 2.24) is 15.6 Å². The number of nitrogens with zero attached hydrogens (tertiary/aromatic N) is 2. The Kier molecular flexibility index (Phi) is 11.3. The van der Waals surface area contributed by atoms with E-state index in [2.05, 4.69) is 34.5 Å². The summed E-state index contributed by atoms with van der Waals surface area (Å²) in [6.45, 7) is 8.50. The molecule has 1 heterocycles. The van der Waals surface area contributed by atoms with Crippen LogP contribution >= 0.6 is 24.0 Å². The van der Waals surface area contributed by atoms with Gasteiger partial charge in [-0.05, 0) is 37.0 Å². The van der Waals surface area contributed by atoms with Gasteiger partial charge in [0.2, 0.25) is 5.88 Å². The highest BCUT2D eigenvalue weighted by Crippen LogP contribution is 2.30. The Morgan fingerprint density at radius 2 is 1.86 bits per heavy atom. The van der Waals surface area contributed by atoms with Crippen LogP contribution < -0.4 is 20.1 Å². The molecule has 0 fully saturated rings. The molecule has 0 bridgehead atoms. The molecule has 1 aromatic carbocycles. The molecule has 0 aliphatic carbocycles. The first kappa shape index (κ1) is 24.0. The third-order valence-corrected chi connectivity index (χ3v) is 3.86. The Labute approximate surface area is 185 Å². The molecule has 2 rings (SSSR count). The van der Waals surface area contributed by atoms with Crippen molar-refractivity contribution in [2.24, 2.45) is 10.9 Å². The standard InChI is InChI=1S/C21H30N4O2.HI/c1-5-26-18-8-6-7-9-19(18)27-20-11-10-17(14-24-20)15-25-21(22-4)23-13-12-16(2)3;/h6-11,14,16H,5,12-13,15H2,1-4H3,(H2,22,23,25);1H. The maximum Gasteiger partial charge on any atom is 0.219 e. The third kappa shape index (κ3) is 8.33. The largest absolute Gasteiger partial charge is 0.490 e. The van der Waals surface area contributed by atoms with Crippen LogP contribution in [0, 0.1) is 5.92 Å². The Balaban J connectivity index is 0.00000392. The van der Waals surface area contributed by atoms with Gasteiger partial charge in [0.25, 0.3) is 0 Å². The van der Waals surface area contributed by atoms with Crippen LogP contribution in [-0.2, 0) is 6.54 Å². The van der Waals surface area contributed by atoms with Crippen LogP contribution in [0.4, 0.5) is 0 Å². The van der Waals surface area contributed by atoms with E-state index in [4.69, 9.17) is 9.47 Å². The molecular formula is C21H31IN4O2. The van der Waals surface area contributed by atoms with Gasteiger partial charge in [-0.1, -0.05) is 32.0 Å². The molecule has 0 aliphatic rings. The van der Waals surface area contributed by atoms with Crippen LogP contribution in [0.3, 0.4) is 0 Å². The van der Waals surface area contributed by atoms with E-state index in [0.717, 1.165) is 24.5 Å². The Bertz CT molecular complexity index is 721. The van der Waals surface area contributed by atoms with Crippen molar-refractivity contribution in [3.05, 3.63) is 48.2 Å². The lowest BCUT2D eigenvalue weighted by Crippen LogP contribution is -2.37. The Hall–Kier alpha value is -2.03. The van der Waals surface area contributed by atoms with Gasteiger partial charge in [0.1, 0.15) is 0 Å². The zero-order chi connectivity index (χ0) is 19.5. The lowest BCUT2D eigenvalue weighted by atomic mass is 10.1. The zero-order valence-corrected chi connectivity index (χ0v) is 19.4. The molecule has 0 aliphatic heterocycles. The summed E-state index contributed by atoms with van der Waals surface area (Å²) < 4.78 is 11.4. The predicted molar refractivity (Wildman–Crippen MR) is 125 cm³/mol. The number of aromatic nitrogens is 1. The summed E-state index contributed by atoms with van der Waals surface area (Å²) in [5.41, 5.74) is 1.05. The zero-order valence-electron chi connectivity index (χ0n) is 17.1. The minimum Gasteiger partial charge on any atom is -0.490 e. The lowest BCUT2D eigenvalue weighted by Gasteiger charge is -2.13. The van der Waals surface area contributed by atoms with Gasteiger partial charge >= 0.3 is 0 Å². The van der Waals surface area contributed by atoms with Crippen molar-refractivity contribution < 1.29 is 9.47 Å². The highest BCUT2D eigenvalue weighted by Gasteiger charge is 2.06. The molecular weight excluding hydrogens is 467 g/mol. The van der Waals surface area contributed by atoms with E-state index >= 15 is 0 Å². The number of nitrogens with one attached hydrogen (secondary N) is 2. The van der Waals surface area contributed by atoms with Crippen LogP contribution in [0.15, 0.2) is 47.6 Å². The quantitative estimate of drug-likeness (QED) is 0.301. The number of halogens is 1. The van der Waals surface area contributed by atoms with E-state index in [1.807, 2.05) is 43.3 Å². The fourth-order valence-electron chi connectivity index (χ4n) is 2.38. The summed E-state index contributed by atoms with van der Waals surface area (Å²) in [6.07, 6.45) is 2.91. The highest BCUT2D eigenvalue weighted by atomic mass is 127. The summed E-state index contributed by atoms with van der Waals surface area (Å²) in [5.74, 6) is 3.36. The van der Waals surface area contributed by atoms with Crippen molar-refractivity contribution >= 4 is 29.9 Å². The van der Waals surface area contributed by atoms with Crippen LogP contribution in [-0.4, -0.2) is 31.1 Å². The van der Waals surface area contributed by atoms with Crippen LogP contribution in [0.5, 0.6) is 17.4 Å². The Morgan fingerprint density at radius 1 is 1.11 bits per heavy atom. The summed E-state index contributed by atoms with van der Waals surface area (Å²) >= 11 is 0. The highest BCUT2D eigenvalue weighted by molar-refractivity contribution is 14.0. The molecule has 0 unspecified atom stereocenters. The number of hydrogen-bond donors (Lipinski definition) is 2. The molecule has 7 heteroatoms. The van der Waals surface area contributed by atoms with Gasteiger partial charge in [-0.3, -0.25) is 4.99 Å². The van der Waals surface area contributed by atoms with Crippen LogP contribution in [0.2, 0.25) is 0 Å². The maximum absolute atomic E-state index is 5.85. The number of pyridine rings is 1. The summed E-state index contributed by atoms with van der Waals surface area (Å²) in [6, 6.07) is 11.4. The summed E-state index contributed by atoms with van der Waals surface area (Å²) in [5, 5.41) is 6.61. The van der Waals surface area contributed by atoms with E-state index in [0.29, 0.717) is 36.4 Å². The number of ether oxygens (including phenoxy) is 2. The van der Waals surface area contributed by atoms with E-state index in [-0.39, 0.29) is 24.0 Å². The van der Waals surface area contributed by atoms with E-state index in [1.54, 1.807) is 13.2 Å². The first-order valence-corrected chi connectivity index (χ1v) is 9.41. The molecule has 6 nitrogen and oxygen atoms in total. The van der Waals surface area contributed by atoms with E-state index in [9.17, 15) is 0 Å². The molecule has 2 aromatic rings. The van der Waals surface area contributed by atoms with Crippen LogP contribution in [0.25, 0.3) is 0 Å². The molecule has 0 amide bonds. The van der Waals surface area contributed by atoms with E-state index in [1.165, 1.54) is 0 Å². The minimum absolute atomic E-state index is 0. The SMILES string of the molecule is CCOc1ccccc1Oc1ccc(CNC(=NC)NCCC(C)C)cn1.I. The van der Waals surface area contributed by atoms with Crippen molar-refractivity contribution in [2.75, 3.05) is 20.2 Å². The molecule has 0 saturated heterocycles. The molecule has 0 atom stereocenters. The van der Waals surface area contributed by atoms with Crippen molar-refractivity contribution in [3.63, 3.8) is 0 Å². The van der Waals surface area contributed by atoms with E-state index < -0.39 is 0 Å². The average Bonchev–Trinajstić information content (AvgIpc) is 2.67. The molecule has 2 N–H and O–H groups in total. The van der Waals surface area contributed by atoms with Gasteiger partial charge in [0.05, 0.1) is 6.61 Å². The molecule has 0 saturated carbocycles. The second-order valence-electron chi connectivity index (χ2n) is 6.52. The lowest BCUT2D eigenvalue weighted by molar-refractivity contribution is 0.319. The van der Waals surface area contributed by atoms with Crippen molar-refractivity contribution in [1.29, 1.82) is 0 Å². The molecule has 0 radical (unpaired) electrons. The van der Waals surface area contributed by atoms with Crippen molar-refractivity contribution in [3.8, 4) is 17.4 Å². The number of guanidine groups is 1. The maximum atomic E-state index is 5.85. The minimum atomic E-state index is 0. The van der Waals surface area contributed by atoms with Gasteiger partial charge in [-0.2, -0.15) is 0 Å². The van der Waals surface area contributed by atoms with Crippen molar-refractivity contribution in [2.45, 2.75) is 33.7 Å². The number of benzene rings is 1. The summed E-state index contributed by atoms with van der Waals surface area (Å²) in [7, 11) is 1.77. The van der Waals surface area contributed by atoms with Gasteiger partial charge in [-0.25, -0.2) is 4.98 Å². The van der Waals surface area contributed by atoms with Crippen LogP contribution in [0.1, 0.15) is 32.8 Å². The van der Waals surface area contributed by atoms with Gasteiger partial charge in [0.15, 0.2) is 17.5 Å². The predicted octanol–water partition coefficient (Wildman–Crippen LogP) is 4.60. The molecule has 154 valence electrons. The monoisotopic (exact) mass is 498 g/mol. The first-order valence-electron chi connectivity index (χ1n) is 9.41. The van der Waals surface area contributed by atoms with Gasteiger partial charge in [0, 0.05) is 32.4 Å². The average molecular weight is 498 g/mol. The fourth-order valence-corrected chi connectivity index (χ4v) is 2.38. The van der Waals surface area contributed by atoms with Gasteiger partial charge in [-0.15, -0.1) is 24.0 Å². The number of hydrogen-bond acceptors (Lipinski definition) is 4. The fraction of sp³-hybridized carbons (Fsp3) is 0.429. The third-order valence-electron chi connectivity index (χ3n) is 3.86. The topological polar surface area (TPSA) is 67.8 Å². The molecule has 28 heavy (non-hydrogen) atoms. The second kappa shape index (κ2) is 13.2. The molecule has 0 spiro atoms. The smallest absolute Gasteiger partial charge is 0.219 e.